The lowest BCUT2D eigenvalue weighted by atomic mass is 9.93. The van der Waals surface area contributed by atoms with Gasteiger partial charge in [-0.3, -0.25) is 10.2 Å². The van der Waals surface area contributed by atoms with Gasteiger partial charge in [-0.05, 0) is 11.1 Å². The third-order valence-corrected chi connectivity index (χ3v) is 3.57. The van der Waals surface area contributed by atoms with E-state index >= 15 is 0 Å². The van der Waals surface area contributed by atoms with Gasteiger partial charge in [0.15, 0.2) is 11.7 Å². The summed E-state index contributed by atoms with van der Waals surface area (Å²) in [6.07, 6.45) is 0.621. The smallest absolute Gasteiger partial charge is 0.180 e. The highest BCUT2D eigenvalue weighted by atomic mass is 16.1. The minimum atomic E-state index is -0.866. The lowest BCUT2D eigenvalue weighted by Crippen LogP contribution is -2.40. The van der Waals surface area contributed by atoms with Crippen molar-refractivity contribution in [2.24, 2.45) is 5.92 Å². The van der Waals surface area contributed by atoms with Gasteiger partial charge in [-0.25, -0.2) is 0 Å². The first kappa shape index (κ1) is 10.0. The fraction of sp³-hybridized carbons (Fsp3) is 0.308. The molecule has 1 aromatic carbocycles. The average Bonchev–Trinajstić information content (AvgIpc) is 2.59. The monoisotopic (exact) mass is 225 g/mol. The number of nitrogens with zero attached hydrogens (tertiary/aromatic N) is 2. The first-order valence-electron chi connectivity index (χ1n) is 5.57. The number of Topliss-reactive ketones (excluding diaryl/α,β-unsaturated/α-hetero) is 1. The fourth-order valence-corrected chi connectivity index (χ4v) is 2.65. The Labute approximate surface area is 99.0 Å². The van der Waals surface area contributed by atoms with Crippen LogP contribution in [0.4, 0.5) is 0 Å². The number of benzene rings is 1. The molecule has 3 rings (SSSR count). The predicted molar refractivity (Wildman–Crippen MR) is 61.3 cm³/mol. The normalized spacial score (nSPS) is 26.4. The van der Waals surface area contributed by atoms with Gasteiger partial charge in [0.1, 0.15) is 5.84 Å². The Morgan fingerprint density at radius 1 is 1.35 bits per heavy atom. The molecule has 4 heteroatoms. The lowest BCUT2D eigenvalue weighted by Gasteiger charge is -2.31. The molecule has 1 saturated heterocycles. The quantitative estimate of drug-likeness (QED) is 0.719. The van der Waals surface area contributed by atoms with Gasteiger partial charge in [-0.2, -0.15) is 5.26 Å². The summed E-state index contributed by atoms with van der Waals surface area (Å²) in [4.78, 5) is 13.7. The van der Waals surface area contributed by atoms with E-state index in [2.05, 4.69) is 0 Å². The molecule has 0 spiro atoms. The summed E-state index contributed by atoms with van der Waals surface area (Å²) in [5, 5.41) is 16.8. The molecular weight excluding hydrogens is 214 g/mol. The molecule has 2 unspecified atom stereocenters. The molecule has 1 aromatic rings. The Balaban J connectivity index is 2.02. The zero-order chi connectivity index (χ0) is 12.0. The topological polar surface area (TPSA) is 68.0 Å². The lowest BCUT2D eigenvalue weighted by molar-refractivity contribution is -0.121. The highest BCUT2D eigenvalue weighted by molar-refractivity contribution is 6.13. The third-order valence-electron chi connectivity index (χ3n) is 3.57. The molecule has 2 heterocycles. The summed E-state index contributed by atoms with van der Waals surface area (Å²) in [7, 11) is 0. The van der Waals surface area contributed by atoms with Crippen molar-refractivity contribution < 1.29 is 4.79 Å². The number of hydrogen-bond acceptors (Lipinski definition) is 3. The largest absolute Gasteiger partial charge is 0.344 e. The SMILES string of the molecule is N#CC1C(=N)N2Cc3ccccc3CC2C1=O. The van der Waals surface area contributed by atoms with E-state index in [-0.39, 0.29) is 17.7 Å². The van der Waals surface area contributed by atoms with Crippen molar-refractivity contribution in [1.82, 2.24) is 4.90 Å². The van der Waals surface area contributed by atoms with Crippen molar-refractivity contribution in [2.75, 3.05) is 0 Å². The summed E-state index contributed by atoms with van der Waals surface area (Å²) in [6, 6.07) is 9.58. The first-order chi connectivity index (χ1) is 8.22. The van der Waals surface area contributed by atoms with Crippen LogP contribution in [0, 0.1) is 22.7 Å². The fourth-order valence-electron chi connectivity index (χ4n) is 2.65. The summed E-state index contributed by atoms with van der Waals surface area (Å²) in [5.74, 6) is -0.821. The van der Waals surface area contributed by atoms with Crippen LogP contribution in [0.25, 0.3) is 0 Å². The van der Waals surface area contributed by atoms with Crippen LogP contribution < -0.4 is 0 Å². The van der Waals surface area contributed by atoms with Crippen LogP contribution >= 0.6 is 0 Å². The van der Waals surface area contributed by atoms with Gasteiger partial charge in [-0.15, -0.1) is 0 Å². The number of ketones is 1. The number of hydrogen-bond donors (Lipinski definition) is 1. The second-order valence-electron chi connectivity index (χ2n) is 4.47. The highest BCUT2D eigenvalue weighted by Crippen LogP contribution is 2.31. The Morgan fingerprint density at radius 3 is 2.76 bits per heavy atom. The van der Waals surface area contributed by atoms with E-state index in [0.717, 1.165) is 11.1 Å². The van der Waals surface area contributed by atoms with Crippen LogP contribution in [0.5, 0.6) is 0 Å². The van der Waals surface area contributed by atoms with Crippen LogP contribution in [-0.4, -0.2) is 22.6 Å². The second kappa shape index (κ2) is 3.42. The molecule has 4 nitrogen and oxygen atoms in total. The number of carbonyl (C=O) groups excluding carboxylic acids is 1. The van der Waals surface area contributed by atoms with E-state index in [0.29, 0.717) is 13.0 Å². The maximum Gasteiger partial charge on any atom is 0.180 e. The molecule has 0 aromatic heterocycles. The van der Waals surface area contributed by atoms with Crippen molar-refractivity contribution in [3.05, 3.63) is 35.4 Å². The van der Waals surface area contributed by atoms with Crippen LogP contribution in [-0.2, 0) is 17.8 Å². The van der Waals surface area contributed by atoms with Crippen LogP contribution in [0.2, 0.25) is 0 Å². The van der Waals surface area contributed by atoms with Crippen molar-refractivity contribution >= 4 is 11.6 Å². The summed E-state index contributed by atoms with van der Waals surface area (Å²) < 4.78 is 0. The molecule has 2 atom stereocenters. The minimum Gasteiger partial charge on any atom is -0.344 e. The molecule has 1 N–H and O–H groups in total. The average molecular weight is 225 g/mol. The molecule has 0 radical (unpaired) electrons. The Hall–Kier alpha value is -2.15. The van der Waals surface area contributed by atoms with E-state index in [4.69, 9.17) is 10.7 Å². The van der Waals surface area contributed by atoms with Gasteiger partial charge in [0.2, 0.25) is 0 Å². The minimum absolute atomic E-state index is 0.119. The Bertz CT molecular complexity index is 515. The van der Waals surface area contributed by atoms with Gasteiger partial charge in [0.25, 0.3) is 0 Å². The first-order valence-corrected chi connectivity index (χ1v) is 5.57. The predicted octanol–water partition coefficient (Wildman–Crippen LogP) is 1.11. The number of fused-ring (bicyclic) bond motifs is 2. The number of amidine groups is 1. The maximum atomic E-state index is 12.0. The number of carbonyl (C=O) groups is 1. The summed E-state index contributed by atoms with van der Waals surface area (Å²) in [5.41, 5.74) is 2.31. The molecule has 1 fully saturated rings. The molecule has 84 valence electrons. The highest BCUT2D eigenvalue weighted by Gasteiger charge is 2.46. The molecule has 0 amide bonds. The Kier molecular flexibility index (Phi) is 2.02. The van der Waals surface area contributed by atoms with Crippen molar-refractivity contribution in [3.8, 4) is 6.07 Å². The molecule has 2 aliphatic rings. The molecule has 2 aliphatic heterocycles. The second-order valence-corrected chi connectivity index (χ2v) is 4.47. The standard InChI is InChI=1S/C13H11N3O/c14-6-10-12(17)11-5-8-3-1-2-4-9(8)7-16(11)13(10)15/h1-4,10-11,15H,5,7H2. The van der Waals surface area contributed by atoms with Crippen molar-refractivity contribution in [2.45, 2.75) is 19.0 Å². The van der Waals surface area contributed by atoms with Crippen molar-refractivity contribution in [1.29, 1.82) is 10.7 Å². The molecule has 0 bridgehead atoms. The van der Waals surface area contributed by atoms with Gasteiger partial charge in [0.05, 0.1) is 12.1 Å². The van der Waals surface area contributed by atoms with E-state index < -0.39 is 5.92 Å². The zero-order valence-corrected chi connectivity index (χ0v) is 9.18. The Morgan fingerprint density at radius 2 is 2.06 bits per heavy atom. The van der Waals surface area contributed by atoms with E-state index in [1.165, 1.54) is 0 Å². The summed E-state index contributed by atoms with van der Waals surface area (Å²) in [6.45, 7) is 0.573. The molecule has 0 aliphatic carbocycles. The van der Waals surface area contributed by atoms with Gasteiger partial charge >= 0.3 is 0 Å². The van der Waals surface area contributed by atoms with Crippen LogP contribution in [0.15, 0.2) is 24.3 Å². The molecule has 17 heavy (non-hydrogen) atoms. The van der Waals surface area contributed by atoms with Gasteiger partial charge in [-0.1, -0.05) is 24.3 Å². The van der Waals surface area contributed by atoms with Crippen molar-refractivity contribution in [3.63, 3.8) is 0 Å². The van der Waals surface area contributed by atoms with E-state index in [9.17, 15) is 4.79 Å². The number of nitriles is 1. The zero-order valence-electron chi connectivity index (χ0n) is 9.18. The van der Waals surface area contributed by atoms with E-state index in [1.54, 1.807) is 4.90 Å². The van der Waals surface area contributed by atoms with Gasteiger partial charge < -0.3 is 4.90 Å². The number of nitrogens with one attached hydrogen (secondary N) is 1. The van der Waals surface area contributed by atoms with Gasteiger partial charge in [0, 0.05) is 13.0 Å². The maximum absolute atomic E-state index is 12.0. The van der Waals surface area contributed by atoms with E-state index in [1.807, 2.05) is 30.3 Å². The van der Waals surface area contributed by atoms with Crippen LogP contribution in [0.1, 0.15) is 11.1 Å². The third kappa shape index (κ3) is 1.29. The molecular formula is C13H11N3O. The molecule has 0 saturated carbocycles. The summed E-state index contributed by atoms with van der Waals surface area (Å²) >= 11 is 0. The number of rotatable bonds is 0. The van der Waals surface area contributed by atoms with Crippen LogP contribution in [0.3, 0.4) is 0 Å².